The van der Waals surface area contributed by atoms with Gasteiger partial charge in [-0.05, 0) is 24.6 Å². The van der Waals surface area contributed by atoms with E-state index >= 15 is 0 Å². The Hall–Kier alpha value is -3.22. The van der Waals surface area contributed by atoms with E-state index in [9.17, 15) is 9.59 Å². The molecule has 0 bridgehead atoms. The number of dihydropyridines is 1. The van der Waals surface area contributed by atoms with Gasteiger partial charge in [0, 0.05) is 24.3 Å². The van der Waals surface area contributed by atoms with E-state index in [0.29, 0.717) is 11.5 Å². The van der Waals surface area contributed by atoms with E-state index in [2.05, 4.69) is 10.1 Å². The number of hydrogen-bond donors (Lipinski definition) is 0. The molecule has 1 aromatic carbocycles. The number of hydrogen-bond acceptors (Lipinski definition) is 6. The van der Waals surface area contributed by atoms with Crippen molar-refractivity contribution in [3.63, 3.8) is 0 Å². The Labute approximate surface area is 149 Å². The Morgan fingerprint density at radius 3 is 3.08 bits per heavy atom. The van der Waals surface area contributed by atoms with Gasteiger partial charge in [0.05, 0.1) is 0 Å². The van der Waals surface area contributed by atoms with E-state index in [0.717, 1.165) is 17.7 Å². The molecule has 26 heavy (non-hydrogen) atoms. The van der Waals surface area contributed by atoms with E-state index in [1.54, 1.807) is 6.07 Å². The van der Waals surface area contributed by atoms with Gasteiger partial charge in [0.15, 0.2) is 11.7 Å². The monoisotopic (exact) mass is 352 g/mol. The highest BCUT2D eigenvalue weighted by atomic mass is 16.5. The number of carbonyl (C=O) groups excluding carboxylic acids is 2. The number of fused-ring (bicyclic) bond motifs is 1. The van der Waals surface area contributed by atoms with E-state index in [1.807, 2.05) is 25.1 Å². The van der Waals surface area contributed by atoms with Crippen LogP contribution in [0, 0.1) is 5.92 Å². The third-order valence-electron chi connectivity index (χ3n) is 4.22. The molecular formula is C19H16N2O5. The zero-order valence-electron chi connectivity index (χ0n) is 14.0. The van der Waals surface area contributed by atoms with Crippen molar-refractivity contribution in [3.05, 3.63) is 47.7 Å². The number of aromatic nitrogens is 1. The first-order chi connectivity index (χ1) is 12.6. The van der Waals surface area contributed by atoms with Gasteiger partial charge >= 0.3 is 5.97 Å². The molecule has 2 aromatic rings. The van der Waals surface area contributed by atoms with E-state index in [4.69, 9.17) is 14.0 Å². The number of ether oxygens (including phenoxy) is 2. The molecule has 4 rings (SSSR count). The lowest BCUT2D eigenvalue weighted by molar-refractivity contribution is -0.151. The topological polar surface area (TPSA) is 91.0 Å². The van der Waals surface area contributed by atoms with Gasteiger partial charge in [-0.2, -0.15) is 0 Å². The lowest BCUT2D eigenvalue weighted by Crippen LogP contribution is -2.24. The predicted molar refractivity (Wildman–Crippen MR) is 91.7 cm³/mol. The van der Waals surface area contributed by atoms with Crippen molar-refractivity contribution in [1.82, 2.24) is 5.16 Å². The van der Waals surface area contributed by atoms with Crippen molar-refractivity contribution >= 4 is 18.1 Å². The number of allylic oxidation sites excluding steroid dienone is 1. The maximum absolute atomic E-state index is 12.0. The number of esters is 1. The third kappa shape index (κ3) is 3.15. The Bertz CT molecular complexity index is 928. The SMILES string of the molecule is CC1Cc2ccc(-c3cc(COC(=O)C4C=CC=NC4=O)no3)cc2O1. The summed E-state index contributed by atoms with van der Waals surface area (Å²) < 4.78 is 16.2. The van der Waals surface area contributed by atoms with Crippen LogP contribution in [-0.2, 0) is 27.4 Å². The summed E-state index contributed by atoms with van der Waals surface area (Å²) in [6, 6.07) is 7.57. The van der Waals surface area contributed by atoms with Gasteiger partial charge in [-0.15, -0.1) is 0 Å². The molecule has 2 atom stereocenters. The van der Waals surface area contributed by atoms with Crippen LogP contribution in [0.5, 0.6) is 5.75 Å². The lowest BCUT2D eigenvalue weighted by Gasteiger charge is -2.09. The van der Waals surface area contributed by atoms with Gasteiger partial charge in [-0.25, -0.2) is 4.99 Å². The first-order valence-corrected chi connectivity index (χ1v) is 8.27. The summed E-state index contributed by atoms with van der Waals surface area (Å²) in [6.45, 7) is 1.94. The van der Waals surface area contributed by atoms with E-state index in [-0.39, 0.29) is 12.7 Å². The van der Waals surface area contributed by atoms with Gasteiger partial charge < -0.3 is 14.0 Å². The van der Waals surface area contributed by atoms with Crippen LogP contribution in [0.3, 0.4) is 0 Å². The minimum atomic E-state index is -0.998. The molecule has 132 valence electrons. The number of benzene rings is 1. The molecule has 3 heterocycles. The standard InChI is InChI=1S/C19H16N2O5/c1-11-7-12-4-5-13(8-16(12)25-11)17-9-14(21-26-17)10-24-19(23)15-3-2-6-20-18(15)22/h2-6,8-9,11,15H,7,10H2,1H3. The number of nitrogens with zero attached hydrogens (tertiary/aromatic N) is 2. The second-order valence-electron chi connectivity index (χ2n) is 6.22. The molecule has 2 unspecified atom stereocenters. The van der Waals surface area contributed by atoms with Gasteiger partial charge in [-0.1, -0.05) is 23.4 Å². The number of amides is 1. The first kappa shape index (κ1) is 16.3. The van der Waals surface area contributed by atoms with Crippen LogP contribution >= 0.6 is 0 Å². The molecule has 1 amide bonds. The smallest absolute Gasteiger partial charge is 0.322 e. The molecule has 0 saturated heterocycles. The van der Waals surface area contributed by atoms with Crippen molar-refractivity contribution < 1.29 is 23.6 Å². The van der Waals surface area contributed by atoms with Gasteiger partial charge in [0.25, 0.3) is 5.91 Å². The van der Waals surface area contributed by atoms with Gasteiger partial charge in [0.2, 0.25) is 0 Å². The van der Waals surface area contributed by atoms with E-state index < -0.39 is 17.8 Å². The van der Waals surface area contributed by atoms with Crippen LogP contribution in [0.1, 0.15) is 18.2 Å². The van der Waals surface area contributed by atoms with Crippen LogP contribution < -0.4 is 4.74 Å². The number of carbonyl (C=O) groups is 2. The quantitative estimate of drug-likeness (QED) is 0.620. The number of aliphatic imine (C=N–C) groups is 1. The fourth-order valence-electron chi connectivity index (χ4n) is 2.92. The Morgan fingerprint density at radius 2 is 2.23 bits per heavy atom. The molecule has 7 heteroatoms. The summed E-state index contributed by atoms with van der Waals surface area (Å²) in [7, 11) is 0. The summed E-state index contributed by atoms with van der Waals surface area (Å²) in [5.41, 5.74) is 2.46. The van der Waals surface area contributed by atoms with Crippen LogP contribution in [0.15, 0.2) is 45.9 Å². The highest BCUT2D eigenvalue weighted by Gasteiger charge is 2.26. The minimum absolute atomic E-state index is 0.0812. The molecule has 0 spiro atoms. The summed E-state index contributed by atoms with van der Waals surface area (Å²) in [4.78, 5) is 27.1. The Morgan fingerprint density at radius 1 is 1.35 bits per heavy atom. The minimum Gasteiger partial charge on any atom is -0.490 e. The molecule has 2 aliphatic rings. The second kappa shape index (κ2) is 6.59. The van der Waals surface area contributed by atoms with Crippen molar-refractivity contribution in [2.45, 2.75) is 26.1 Å². The molecule has 7 nitrogen and oxygen atoms in total. The van der Waals surface area contributed by atoms with Gasteiger partial charge in [-0.3, -0.25) is 9.59 Å². The van der Waals surface area contributed by atoms with Crippen molar-refractivity contribution in [2.24, 2.45) is 10.9 Å². The maximum atomic E-state index is 12.0. The second-order valence-corrected chi connectivity index (χ2v) is 6.22. The van der Waals surface area contributed by atoms with Crippen molar-refractivity contribution in [3.8, 4) is 17.1 Å². The predicted octanol–water partition coefficient (Wildman–Crippen LogP) is 2.49. The summed E-state index contributed by atoms with van der Waals surface area (Å²) in [6.07, 6.45) is 5.41. The largest absolute Gasteiger partial charge is 0.490 e. The van der Waals surface area contributed by atoms with E-state index in [1.165, 1.54) is 23.9 Å². The highest BCUT2D eigenvalue weighted by molar-refractivity contribution is 6.05. The molecule has 1 aromatic heterocycles. The fraction of sp³-hybridized carbons (Fsp3) is 0.263. The average Bonchev–Trinajstić information content (AvgIpc) is 3.24. The normalized spacial score (nSPS) is 20.7. The van der Waals surface area contributed by atoms with Crippen molar-refractivity contribution in [1.29, 1.82) is 0 Å². The summed E-state index contributed by atoms with van der Waals surface area (Å²) in [5.74, 6) is -0.789. The van der Waals surface area contributed by atoms with Crippen LogP contribution in [-0.4, -0.2) is 29.4 Å². The van der Waals surface area contributed by atoms with Crippen LogP contribution in [0.2, 0.25) is 0 Å². The first-order valence-electron chi connectivity index (χ1n) is 8.27. The zero-order chi connectivity index (χ0) is 18.1. The average molecular weight is 352 g/mol. The summed E-state index contributed by atoms with van der Waals surface area (Å²) >= 11 is 0. The number of rotatable bonds is 4. The molecule has 2 aliphatic heterocycles. The molecular weight excluding hydrogens is 336 g/mol. The summed E-state index contributed by atoms with van der Waals surface area (Å²) in [5, 5.41) is 3.91. The molecule has 0 saturated carbocycles. The van der Waals surface area contributed by atoms with Crippen LogP contribution in [0.4, 0.5) is 0 Å². The Balaban J connectivity index is 1.42. The zero-order valence-corrected chi connectivity index (χ0v) is 14.0. The Kier molecular flexibility index (Phi) is 4.12. The molecule has 0 aliphatic carbocycles. The van der Waals surface area contributed by atoms with Crippen LogP contribution in [0.25, 0.3) is 11.3 Å². The molecule has 0 radical (unpaired) electrons. The molecule has 0 N–H and O–H groups in total. The third-order valence-corrected chi connectivity index (χ3v) is 4.22. The van der Waals surface area contributed by atoms with Crippen molar-refractivity contribution in [2.75, 3.05) is 0 Å². The molecule has 0 fully saturated rings. The lowest BCUT2D eigenvalue weighted by atomic mass is 10.1. The highest BCUT2D eigenvalue weighted by Crippen LogP contribution is 2.33. The fourth-order valence-corrected chi connectivity index (χ4v) is 2.92. The maximum Gasteiger partial charge on any atom is 0.322 e. The van der Waals surface area contributed by atoms with Gasteiger partial charge in [0.1, 0.15) is 24.2 Å².